The highest BCUT2D eigenvalue weighted by Crippen LogP contribution is 2.28. The fourth-order valence-corrected chi connectivity index (χ4v) is 1.64. The molecule has 64 valence electrons. The number of rotatable bonds is 2. The number of hydrogen-bond donors (Lipinski definition) is 1. The Morgan fingerprint density at radius 2 is 2.42 bits per heavy atom. The molecule has 0 amide bonds. The van der Waals surface area contributed by atoms with Crippen molar-refractivity contribution in [3.05, 3.63) is 35.8 Å². The van der Waals surface area contributed by atoms with Gasteiger partial charge in [0.2, 0.25) is 0 Å². The summed E-state index contributed by atoms with van der Waals surface area (Å²) in [6, 6.07) is 2.00. The second-order valence-corrected chi connectivity index (χ2v) is 3.21. The Balaban J connectivity index is 2.14. The lowest BCUT2D eigenvalue weighted by molar-refractivity contribution is 0.561. The average molecular weight is 163 g/mol. The number of nitrogens with two attached hydrogens (primary N) is 1. The second-order valence-electron chi connectivity index (χ2n) is 3.21. The van der Waals surface area contributed by atoms with Crippen LogP contribution < -0.4 is 5.73 Å². The van der Waals surface area contributed by atoms with Crippen LogP contribution in [0.3, 0.4) is 0 Å². The van der Waals surface area contributed by atoms with Gasteiger partial charge >= 0.3 is 0 Å². The van der Waals surface area contributed by atoms with E-state index in [9.17, 15) is 0 Å². The topological polar surface area (TPSA) is 39.2 Å². The van der Waals surface area contributed by atoms with Crippen molar-refractivity contribution >= 4 is 0 Å². The molecular formula is C10H13NO. The lowest BCUT2D eigenvalue weighted by atomic mass is 10.0. The minimum Gasteiger partial charge on any atom is -0.472 e. The lowest BCUT2D eigenvalue weighted by Gasteiger charge is -2.09. The maximum atomic E-state index is 6.02. The fraction of sp³-hybridized carbons (Fsp3) is 0.400. The molecule has 1 atom stereocenters. The van der Waals surface area contributed by atoms with Crippen molar-refractivity contribution in [2.75, 3.05) is 0 Å². The molecule has 1 aromatic rings. The summed E-state index contributed by atoms with van der Waals surface area (Å²) in [6.45, 7) is 0. The van der Waals surface area contributed by atoms with E-state index < -0.39 is 0 Å². The molecule has 0 radical (unpaired) electrons. The normalized spacial score (nSPS) is 19.2. The largest absolute Gasteiger partial charge is 0.472 e. The molecule has 0 saturated heterocycles. The van der Waals surface area contributed by atoms with E-state index in [0.29, 0.717) is 0 Å². The van der Waals surface area contributed by atoms with E-state index >= 15 is 0 Å². The Bertz CT molecular complexity index is 274. The van der Waals surface area contributed by atoms with Gasteiger partial charge in [0.1, 0.15) is 0 Å². The lowest BCUT2D eigenvalue weighted by Crippen LogP contribution is -2.10. The Morgan fingerprint density at radius 3 is 3.00 bits per heavy atom. The van der Waals surface area contributed by atoms with E-state index in [1.54, 1.807) is 12.5 Å². The smallest absolute Gasteiger partial charge is 0.0953 e. The van der Waals surface area contributed by atoms with Gasteiger partial charge in [-0.05, 0) is 25.3 Å². The monoisotopic (exact) mass is 163 g/mol. The molecule has 0 aliphatic heterocycles. The van der Waals surface area contributed by atoms with E-state index in [1.165, 1.54) is 18.4 Å². The Hall–Kier alpha value is -1.02. The molecule has 0 aromatic carbocycles. The van der Waals surface area contributed by atoms with Crippen molar-refractivity contribution in [3.63, 3.8) is 0 Å². The van der Waals surface area contributed by atoms with Gasteiger partial charge in [-0.3, -0.25) is 0 Å². The van der Waals surface area contributed by atoms with Crippen LogP contribution >= 0.6 is 0 Å². The summed E-state index contributed by atoms with van der Waals surface area (Å²) in [5.41, 5.74) is 8.46. The first kappa shape index (κ1) is 7.62. The van der Waals surface area contributed by atoms with Crippen LogP contribution in [0.5, 0.6) is 0 Å². The minimum absolute atomic E-state index is 0.0613. The van der Waals surface area contributed by atoms with Gasteiger partial charge in [-0.2, -0.15) is 0 Å². The molecule has 2 rings (SSSR count). The molecular weight excluding hydrogens is 150 g/mol. The summed E-state index contributed by atoms with van der Waals surface area (Å²) in [4.78, 5) is 0. The molecule has 2 N–H and O–H groups in total. The van der Waals surface area contributed by atoms with Gasteiger partial charge in [-0.1, -0.05) is 11.6 Å². The van der Waals surface area contributed by atoms with E-state index in [2.05, 4.69) is 6.08 Å². The van der Waals surface area contributed by atoms with Gasteiger partial charge in [-0.15, -0.1) is 0 Å². The van der Waals surface area contributed by atoms with Crippen LogP contribution in [-0.4, -0.2) is 0 Å². The van der Waals surface area contributed by atoms with Gasteiger partial charge in [0.25, 0.3) is 0 Å². The highest BCUT2D eigenvalue weighted by molar-refractivity contribution is 5.25. The number of hydrogen-bond acceptors (Lipinski definition) is 2. The zero-order valence-electron chi connectivity index (χ0n) is 6.99. The summed E-state index contributed by atoms with van der Waals surface area (Å²) in [7, 11) is 0. The molecule has 0 fully saturated rings. The summed E-state index contributed by atoms with van der Waals surface area (Å²) >= 11 is 0. The van der Waals surface area contributed by atoms with Gasteiger partial charge in [-0.25, -0.2) is 0 Å². The number of allylic oxidation sites excluding steroid dienone is 1. The quantitative estimate of drug-likeness (QED) is 0.680. The van der Waals surface area contributed by atoms with Crippen LogP contribution in [0, 0.1) is 0 Å². The van der Waals surface area contributed by atoms with Gasteiger partial charge in [0, 0.05) is 5.56 Å². The van der Waals surface area contributed by atoms with E-state index in [0.717, 1.165) is 12.0 Å². The predicted octanol–water partition coefficient (Wildman–Crippen LogP) is 2.39. The van der Waals surface area contributed by atoms with Gasteiger partial charge in [0.05, 0.1) is 18.6 Å². The third-order valence-electron chi connectivity index (χ3n) is 2.38. The Kier molecular flexibility index (Phi) is 2.00. The highest BCUT2D eigenvalue weighted by atomic mass is 16.3. The molecule has 1 aliphatic rings. The molecule has 1 heterocycles. The van der Waals surface area contributed by atoms with Crippen molar-refractivity contribution in [3.8, 4) is 0 Å². The fourth-order valence-electron chi connectivity index (χ4n) is 1.64. The van der Waals surface area contributed by atoms with Gasteiger partial charge in [0.15, 0.2) is 0 Å². The van der Waals surface area contributed by atoms with Crippen molar-refractivity contribution in [1.29, 1.82) is 0 Å². The Labute approximate surface area is 72.1 Å². The molecule has 1 aliphatic carbocycles. The summed E-state index contributed by atoms with van der Waals surface area (Å²) in [6.07, 6.45) is 9.22. The molecule has 12 heavy (non-hydrogen) atoms. The molecule has 0 saturated carbocycles. The first-order valence-corrected chi connectivity index (χ1v) is 4.34. The minimum atomic E-state index is 0.0613. The highest BCUT2D eigenvalue weighted by Gasteiger charge is 2.15. The van der Waals surface area contributed by atoms with Crippen molar-refractivity contribution in [2.24, 2.45) is 5.73 Å². The molecule has 0 spiro atoms. The summed E-state index contributed by atoms with van der Waals surface area (Å²) in [5, 5.41) is 0. The van der Waals surface area contributed by atoms with E-state index in [4.69, 9.17) is 10.2 Å². The van der Waals surface area contributed by atoms with Crippen molar-refractivity contribution < 1.29 is 4.42 Å². The van der Waals surface area contributed by atoms with Crippen LogP contribution in [0.25, 0.3) is 0 Å². The average Bonchev–Trinajstić information content (AvgIpc) is 2.77. The molecule has 1 aromatic heterocycles. The molecule has 2 heteroatoms. The molecule has 0 bridgehead atoms. The third kappa shape index (κ3) is 1.30. The standard InChI is InChI=1S/C10H13NO/c11-10(8-3-1-2-4-8)9-5-6-12-7-9/h3,5-7,10H,1-2,4,11H2. The summed E-state index contributed by atoms with van der Waals surface area (Å²) in [5.74, 6) is 0. The van der Waals surface area contributed by atoms with Crippen LogP contribution in [-0.2, 0) is 0 Å². The predicted molar refractivity (Wildman–Crippen MR) is 47.6 cm³/mol. The van der Waals surface area contributed by atoms with Crippen LogP contribution in [0.15, 0.2) is 34.7 Å². The zero-order chi connectivity index (χ0) is 8.39. The first-order chi connectivity index (χ1) is 5.88. The number of furan rings is 1. The third-order valence-corrected chi connectivity index (χ3v) is 2.38. The van der Waals surface area contributed by atoms with Crippen molar-refractivity contribution in [2.45, 2.75) is 25.3 Å². The van der Waals surface area contributed by atoms with Crippen LogP contribution in [0.2, 0.25) is 0 Å². The van der Waals surface area contributed by atoms with E-state index in [1.807, 2.05) is 6.07 Å². The Morgan fingerprint density at radius 1 is 1.50 bits per heavy atom. The molecule has 2 nitrogen and oxygen atoms in total. The van der Waals surface area contributed by atoms with E-state index in [-0.39, 0.29) is 6.04 Å². The maximum absolute atomic E-state index is 6.02. The zero-order valence-corrected chi connectivity index (χ0v) is 6.99. The van der Waals surface area contributed by atoms with Crippen LogP contribution in [0.4, 0.5) is 0 Å². The first-order valence-electron chi connectivity index (χ1n) is 4.34. The second kappa shape index (κ2) is 3.15. The maximum Gasteiger partial charge on any atom is 0.0953 e. The summed E-state index contributed by atoms with van der Waals surface area (Å²) < 4.78 is 4.99. The SMILES string of the molecule is NC(C1=CCCC1)c1ccoc1. The van der Waals surface area contributed by atoms with Crippen LogP contribution in [0.1, 0.15) is 30.9 Å². The van der Waals surface area contributed by atoms with Gasteiger partial charge < -0.3 is 10.2 Å². The molecule has 1 unspecified atom stereocenters. The van der Waals surface area contributed by atoms with Crippen molar-refractivity contribution in [1.82, 2.24) is 0 Å².